The van der Waals surface area contributed by atoms with Gasteiger partial charge in [-0.25, -0.2) is 0 Å². The minimum Gasteiger partial charge on any atom is -0.396 e. The number of aliphatic hydroxyl groups excluding tert-OH is 1. The van der Waals surface area contributed by atoms with Gasteiger partial charge in [0.05, 0.1) is 6.54 Å². The zero-order valence-electron chi connectivity index (χ0n) is 14.8. The van der Waals surface area contributed by atoms with Crippen molar-refractivity contribution in [2.75, 3.05) is 31.6 Å². The molecule has 128 valence electrons. The van der Waals surface area contributed by atoms with Gasteiger partial charge < -0.3 is 10.4 Å². The third-order valence-electron chi connectivity index (χ3n) is 4.63. The number of aliphatic hydroxyl groups is 1. The van der Waals surface area contributed by atoms with Crippen LogP contribution in [0.5, 0.6) is 0 Å². The summed E-state index contributed by atoms with van der Waals surface area (Å²) >= 11 is 0. The lowest BCUT2D eigenvalue weighted by atomic mass is 9.92. The maximum atomic E-state index is 12.5. The Hall–Kier alpha value is -1.39. The topological polar surface area (TPSA) is 52.6 Å². The van der Waals surface area contributed by atoms with Gasteiger partial charge in [-0.15, -0.1) is 0 Å². The molecule has 1 aromatic rings. The molecular weight excluding hydrogens is 288 g/mol. The lowest BCUT2D eigenvalue weighted by molar-refractivity contribution is -0.117. The second-order valence-electron chi connectivity index (χ2n) is 7.24. The number of benzene rings is 1. The Labute approximate surface area is 139 Å². The summed E-state index contributed by atoms with van der Waals surface area (Å²) in [5.74, 6) is 1.10. The zero-order valence-corrected chi connectivity index (χ0v) is 14.8. The molecule has 1 saturated heterocycles. The van der Waals surface area contributed by atoms with E-state index in [2.05, 4.69) is 56.1 Å². The third-order valence-corrected chi connectivity index (χ3v) is 4.63. The fourth-order valence-corrected chi connectivity index (χ4v) is 3.28. The molecule has 1 unspecified atom stereocenters. The van der Waals surface area contributed by atoms with Crippen LogP contribution in [0.4, 0.5) is 5.69 Å². The van der Waals surface area contributed by atoms with Gasteiger partial charge in [-0.2, -0.15) is 0 Å². The average molecular weight is 318 g/mol. The number of amides is 1. The van der Waals surface area contributed by atoms with Gasteiger partial charge in [-0.1, -0.05) is 45.9 Å². The van der Waals surface area contributed by atoms with E-state index in [1.165, 1.54) is 11.1 Å². The number of rotatable bonds is 6. The van der Waals surface area contributed by atoms with E-state index in [-0.39, 0.29) is 12.5 Å². The zero-order chi connectivity index (χ0) is 17.0. The van der Waals surface area contributed by atoms with Crippen molar-refractivity contribution in [1.29, 1.82) is 0 Å². The van der Waals surface area contributed by atoms with Crippen LogP contribution in [0.15, 0.2) is 18.2 Å². The Morgan fingerprint density at radius 1 is 1.26 bits per heavy atom. The second-order valence-corrected chi connectivity index (χ2v) is 7.24. The number of hydrogen-bond acceptors (Lipinski definition) is 3. The van der Waals surface area contributed by atoms with Crippen LogP contribution in [0.1, 0.15) is 57.1 Å². The van der Waals surface area contributed by atoms with Crippen LogP contribution < -0.4 is 5.32 Å². The molecule has 2 rings (SSSR count). The van der Waals surface area contributed by atoms with E-state index in [1.54, 1.807) is 0 Å². The van der Waals surface area contributed by atoms with Crippen molar-refractivity contribution in [3.05, 3.63) is 29.3 Å². The molecule has 1 aromatic carbocycles. The molecule has 4 nitrogen and oxygen atoms in total. The molecule has 2 N–H and O–H groups in total. The summed E-state index contributed by atoms with van der Waals surface area (Å²) in [5, 5.41) is 12.4. The Morgan fingerprint density at radius 2 is 1.87 bits per heavy atom. The molecule has 1 atom stereocenters. The van der Waals surface area contributed by atoms with Crippen LogP contribution in [0.3, 0.4) is 0 Å². The number of nitrogens with one attached hydrogen (secondary N) is 1. The largest absolute Gasteiger partial charge is 0.396 e. The Kier molecular flexibility index (Phi) is 6.19. The van der Waals surface area contributed by atoms with Gasteiger partial charge in [0.1, 0.15) is 0 Å². The molecule has 4 heteroatoms. The third kappa shape index (κ3) is 4.55. The quantitative estimate of drug-likeness (QED) is 0.847. The van der Waals surface area contributed by atoms with Gasteiger partial charge in [0, 0.05) is 18.8 Å². The summed E-state index contributed by atoms with van der Waals surface area (Å²) in [4.78, 5) is 14.6. The van der Waals surface area contributed by atoms with Crippen LogP contribution in [-0.4, -0.2) is 42.2 Å². The maximum absolute atomic E-state index is 12.5. The van der Waals surface area contributed by atoms with E-state index in [1.807, 2.05) is 0 Å². The summed E-state index contributed by atoms with van der Waals surface area (Å²) in [5.41, 5.74) is 3.37. The van der Waals surface area contributed by atoms with Crippen molar-refractivity contribution >= 4 is 11.6 Å². The van der Waals surface area contributed by atoms with Crippen LogP contribution in [0.2, 0.25) is 0 Å². The standard InChI is InChI=1S/C19H30N2O2/c1-13(2)16-6-5-7-17(14(3)4)19(16)20-18(23)11-21-9-8-15(10-21)12-22/h5-7,13-15,22H,8-12H2,1-4H3,(H,20,23). The first kappa shape index (κ1) is 18.0. The summed E-state index contributed by atoms with van der Waals surface area (Å²) in [6.07, 6.45) is 0.976. The molecule has 0 saturated carbocycles. The predicted molar refractivity (Wildman–Crippen MR) is 94.9 cm³/mol. The van der Waals surface area contributed by atoms with Gasteiger partial charge in [0.15, 0.2) is 0 Å². The van der Waals surface area contributed by atoms with E-state index in [0.29, 0.717) is 24.3 Å². The first-order valence-electron chi connectivity index (χ1n) is 8.68. The summed E-state index contributed by atoms with van der Waals surface area (Å²) in [6, 6.07) is 6.28. The van der Waals surface area contributed by atoms with Crippen molar-refractivity contribution in [3.63, 3.8) is 0 Å². The summed E-state index contributed by atoms with van der Waals surface area (Å²) in [7, 11) is 0. The monoisotopic (exact) mass is 318 g/mol. The van der Waals surface area contributed by atoms with E-state index in [4.69, 9.17) is 0 Å². The minimum atomic E-state index is 0.0404. The Morgan fingerprint density at radius 3 is 2.35 bits per heavy atom. The van der Waals surface area contributed by atoms with Gasteiger partial charge in [0.2, 0.25) is 5.91 Å². The molecule has 0 radical (unpaired) electrons. The van der Waals surface area contributed by atoms with Crippen LogP contribution in [0, 0.1) is 5.92 Å². The molecule has 1 heterocycles. The smallest absolute Gasteiger partial charge is 0.238 e. The number of nitrogens with zero attached hydrogens (tertiary/aromatic N) is 1. The lowest BCUT2D eigenvalue weighted by Crippen LogP contribution is -2.32. The first-order chi connectivity index (χ1) is 10.9. The number of para-hydroxylation sites is 1. The van der Waals surface area contributed by atoms with Gasteiger partial charge in [0.25, 0.3) is 0 Å². The average Bonchev–Trinajstić information content (AvgIpc) is 2.94. The molecule has 0 aromatic heterocycles. The highest BCUT2D eigenvalue weighted by atomic mass is 16.3. The molecule has 1 fully saturated rings. The Balaban J connectivity index is 2.10. The first-order valence-corrected chi connectivity index (χ1v) is 8.68. The van der Waals surface area contributed by atoms with Gasteiger partial charge in [-0.05, 0) is 41.8 Å². The molecule has 0 aliphatic carbocycles. The minimum absolute atomic E-state index is 0.0404. The molecule has 1 aliphatic rings. The second kappa shape index (κ2) is 7.93. The highest BCUT2D eigenvalue weighted by Crippen LogP contribution is 2.32. The van der Waals surface area contributed by atoms with Gasteiger partial charge >= 0.3 is 0 Å². The SMILES string of the molecule is CC(C)c1cccc(C(C)C)c1NC(=O)CN1CCC(CO)C1. The number of hydrogen-bond donors (Lipinski definition) is 2. The van der Waals surface area contributed by atoms with E-state index >= 15 is 0 Å². The molecule has 0 bridgehead atoms. The molecule has 23 heavy (non-hydrogen) atoms. The van der Waals surface area contributed by atoms with E-state index < -0.39 is 0 Å². The van der Waals surface area contributed by atoms with E-state index in [9.17, 15) is 9.90 Å². The highest BCUT2D eigenvalue weighted by Gasteiger charge is 2.24. The molecule has 0 spiro atoms. The normalized spacial score (nSPS) is 18.8. The van der Waals surface area contributed by atoms with Crippen molar-refractivity contribution in [2.45, 2.75) is 46.0 Å². The molecule has 1 amide bonds. The van der Waals surface area contributed by atoms with Crippen LogP contribution in [0.25, 0.3) is 0 Å². The molecule has 1 aliphatic heterocycles. The van der Waals surface area contributed by atoms with Crippen molar-refractivity contribution < 1.29 is 9.90 Å². The lowest BCUT2D eigenvalue weighted by Gasteiger charge is -2.21. The van der Waals surface area contributed by atoms with Gasteiger partial charge in [-0.3, -0.25) is 9.69 Å². The van der Waals surface area contributed by atoms with Crippen molar-refractivity contribution in [1.82, 2.24) is 4.90 Å². The van der Waals surface area contributed by atoms with Crippen molar-refractivity contribution in [2.24, 2.45) is 5.92 Å². The maximum Gasteiger partial charge on any atom is 0.238 e. The van der Waals surface area contributed by atoms with Crippen molar-refractivity contribution in [3.8, 4) is 0 Å². The highest BCUT2D eigenvalue weighted by molar-refractivity contribution is 5.94. The fraction of sp³-hybridized carbons (Fsp3) is 0.632. The number of likely N-dealkylation sites (tertiary alicyclic amines) is 1. The fourth-order valence-electron chi connectivity index (χ4n) is 3.28. The predicted octanol–water partition coefficient (Wildman–Crippen LogP) is 3.19. The van der Waals surface area contributed by atoms with Crippen LogP contribution >= 0.6 is 0 Å². The molecular formula is C19H30N2O2. The number of anilines is 1. The number of carbonyl (C=O) groups excluding carboxylic acids is 1. The van der Waals surface area contributed by atoms with Crippen LogP contribution in [-0.2, 0) is 4.79 Å². The Bertz CT molecular complexity index is 514. The van der Waals surface area contributed by atoms with E-state index in [0.717, 1.165) is 25.2 Å². The number of carbonyl (C=O) groups is 1. The summed E-state index contributed by atoms with van der Waals surface area (Å²) in [6.45, 7) is 10.9. The summed E-state index contributed by atoms with van der Waals surface area (Å²) < 4.78 is 0.